The summed E-state index contributed by atoms with van der Waals surface area (Å²) in [5, 5.41) is 2.99. The van der Waals surface area contributed by atoms with Gasteiger partial charge in [-0.2, -0.15) is 0 Å². The van der Waals surface area contributed by atoms with Crippen molar-refractivity contribution in [1.29, 1.82) is 0 Å². The molecule has 386 valence electrons. The van der Waals surface area contributed by atoms with E-state index in [0.717, 1.165) is 116 Å². The highest BCUT2D eigenvalue weighted by Crippen LogP contribution is 2.38. The highest BCUT2D eigenvalue weighted by molar-refractivity contribution is 7.45. The van der Waals surface area contributed by atoms with Crippen LogP contribution in [0, 0.1) is 0 Å². The molecule has 0 aliphatic rings. The Balaban J connectivity index is 5.41. The summed E-state index contributed by atoms with van der Waals surface area (Å²) in [7, 11) is 1.15. The van der Waals surface area contributed by atoms with Gasteiger partial charge in [-0.1, -0.05) is 190 Å². The van der Waals surface area contributed by atoms with Crippen LogP contribution in [0.25, 0.3) is 0 Å². The molecule has 3 atom stereocenters. The molecule has 0 spiro atoms. The zero-order chi connectivity index (χ0) is 49.4. The van der Waals surface area contributed by atoms with Crippen LogP contribution >= 0.6 is 7.82 Å². The highest BCUT2D eigenvalue weighted by atomic mass is 31.2. The predicted octanol–water partition coefficient (Wildman–Crippen LogP) is 15.2. The van der Waals surface area contributed by atoms with Gasteiger partial charge in [-0.3, -0.25) is 14.2 Å². The summed E-state index contributed by atoms with van der Waals surface area (Å²) < 4.78 is 30.1. The Morgan fingerprint density at radius 2 is 0.970 bits per heavy atom. The van der Waals surface area contributed by atoms with Crippen LogP contribution in [0.4, 0.5) is 0 Å². The van der Waals surface area contributed by atoms with Gasteiger partial charge in [-0.15, -0.1) is 0 Å². The third-order valence-corrected chi connectivity index (χ3v) is 12.3. The second-order valence-electron chi connectivity index (χ2n) is 19.0. The van der Waals surface area contributed by atoms with Crippen molar-refractivity contribution in [3.05, 3.63) is 85.1 Å². The summed E-state index contributed by atoms with van der Waals surface area (Å²) >= 11 is 0. The summed E-state index contributed by atoms with van der Waals surface area (Å²) in [5.74, 6) is -0.598. The van der Waals surface area contributed by atoms with Crippen LogP contribution in [-0.2, 0) is 27.9 Å². The Morgan fingerprint density at radius 1 is 0.537 bits per heavy atom. The highest BCUT2D eigenvalue weighted by Gasteiger charge is 2.27. The fourth-order valence-electron chi connectivity index (χ4n) is 7.12. The van der Waals surface area contributed by atoms with Crippen molar-refractivity contribution in [2.45, 2.75) is 226 Å². The van der Waals surface area contributed by atoms with E-state index >= 15 is 0 Å². The number of carbonyl (C=O) groups is 2. The number of likely N-dealkylation sites (N-methyl/N-ethyl adjacent to an activating group) is 1. The topological polar surface area (TPSA) is 114 Å². The average molecular weight is 957 g/mol. The Morgan fingerprint density at radius 3 is 1.51 bits per heavy atom. The number of hydrogen-bond donors (Lipinski definition) is 1. The van der Waals surface area contributed by atoms with Crippen molar-refractivity contribution < 1.29 is 37.3 Å². The van der Waals surface area contributed by atoms with Crippen molar-refractivity contribution in [2.75, 3.05) is 40.9 Å². The maximum absolute atomic E-state index is 13.4. The van der Waals surface area contributed by atoms with Crippen molar-refractivity contribution in [2.24, 2.45) is 0 Å². The van der Waals surface area contributed by atoms with E-state index in [9.17, 15) is 19.0 Å². The van der Waals surface area contributed by atoms with Gasteiger partial charge in [0.1, 0.15) is 19.3 Å². The SMILES string of the molecule is CC/C=C\C/C=C\C/C=C\C/C=C\C/C=C\CCCCCC(=O)OC(/C=C\CCCCCCCCCCC)C(COP(=O)([O-])OCC[N+](C)(C)C)NC(=O)CCCCCCC/C=C\CCCC. The van der Waals surface area contributed by atoms with Gasteiger partial charge in [-0.05, 0) is 96.0 Å². The zero-order valence-corrected chi connectivity index (χ0v) is 44.7. The van der Waals surface area contributed by atoms with Crippen LogP contribution in [0.15, 0.2) is 85.1 Å². The maximum Gasteiger partial charge on any atom is 0.306 e. The quantitative estimate of drug-likeness (QED) is 0.0212. The number of hydrogen-bond acceptors (Lipinski definition) is 7. The number of nitrogens with zero attached hydrogens (tertiary/aromatic N) is 1. The molecule has 0 rings (SSSR count). The third kappa shape index (κ3) is 48.0. The minimum Gasteiger partial charge on any atom is -0.756 e. The van der Waals surface area contributed by atoms with Gasteiger partial charge in [0.2, 0.25) is 5.91 Å². The molecule has 1 amide bonds. The molecule has 3 unspecified atom stereocenters. The second-order valence-corrected chi connectivity index (χ2v) is 20.4. The molecule has 0 aromatic carbocycles. The number of carbonyl (C=O) groups excluding carboxylic acids is 2. The lowest BCUT2D eigenvalue weighted by molar-refractivity contribution is -0.870. The lowest BCUT2D eigenvalue weighted by Gasteiger charge is -2.30. The van der Waals surface area contributed by atoms with Crippen molar-refractivity contribution in [3.8, 4) is 0 Å². The number of esters is 1. The molecule has 0 aromatic heterocycles. The molecule has 0 bridgehead atoms. The number of allylic oxidation sites excluding steroid dienone is 13. The zero-order valence-electron chi connectivity index (χ0n) is 43.8. The Hall–Kier alpha value is -2.81. The lowest BCUT2D eigenvalue weighted by Crippen LogP contribution is -2.47. The number of ether oxygens (including phenoxy) is 1. The Labute approximate surface area is 412 Å². The molecule has 9 nitrogen and oxygen atoms in total. The van der Waals surface area contributed by atoms with Crippen LogP contribution in [0.1, 0.15) is 213 Å². The molecule has 0 radical (unpaired) electrons. The second kappa shape index (κ2) is 46.9. The van der Waals surface area contributed by atoms with E-state index in [1.165, 1.54) is 57.8 Å². The molecule has 0 aliphatic heterocycles. The van der Waals surface area contributed by atoms with E-state index in [2.05, 4.69) is 99.0 Å². The normalized spacial score (nSPS) is 14.6. The average Bonchev–Trinajstić information content (AvgIpc) is 3.28. The van der Waals surface area contributed by atoms with E-state index < -0.39 is 26.6 Å². The van der Waals surface area contributed by atoms with Crippen molar-refractivity contribution >= 4 is 19.7 Å². The molecule has 0 aromatic rings. The number of phosphoric ester groups is 1. The van der Waals surface area contributed by atoms with Crippen LogP contribution in [-0.4, -0.2) is 69.4 Å². The Kier molecular flexibility index (Phi) is 44.9. The summed E-state index contributed by atoms with van der Waals surface area (Å²) in [5.41, 5.74) is 0. The molecule has 0 aliphatic carbocycles. The fourth-order valence-corrected chi connectivity index (χ4v) is 7.84. The van der Waals surface area contributed by atoms with Gasteiger partial charge in [0.25, 0.3) is 7.82 Å². The van der Waals surface area contributed by atoms with Crippen molar-refractivity contribution in [3.63, 3.8) is 0 Å². The van der Waals surface area contributed by atoms with Crippen LogP contribution in [0.3, 0.4) is 0 Å². The van der Waals surface area contributed by atoms with Crippen LogP contribution in [0.2, 0.25) is 0 Å². The maximum atomic E-state index is 13.4. The smallest absolute Gasteiger partial charge is 0.306 e. The van der Waals surface area contributed by atoms with E-state index in [4.69, 9.17) is 13.8 Å². The first-order valence-corrected chi connectivity index (χ1v) is 28.4. The number of quaternary nitrogens is 1. The Bertz CT molecular complexity index is 1430. The number of nitrogens with one attached hydrogen (secondary N) is 1. The fraction of sp³-hybridized carbons (Fsp3) is 0.719. The van der Waals surface area contributed by atoms with Crippen LogP contribution in [0.5, 0.6) is 0 Å². The molecular weight excluding hydrogens is 856 g/mol. The number of amides is 1. The molecule has 0 saturated heterocycles. The number of phosphoric acid groups is 1. The first-order chi connectivity index (χ1) is 32.4. The molecule has 1 N–H and O–H groups in total. The van der Waals surface area contributed by atoms with Gasteiger partial charge in [0.15, 0.2) is 0 Å². The van der Waals surface area contributed by atoms with Gasteiger partial charge < -0.3 is 28.5 Å². The summed E-state index contributed by atoms with van der Waals surface area (Å²) in [6.07, 6.45) is 59.8. The number of unbranched alkanes of at least 4 members (excludes halogenated alkanes) is 19. The van der Waals surface area contributed by atoms with E-state index in [0.29, 0.717) is 23.9 Å². The molecule has 0 saturated carbocycles. The molecule has 10 heteroatoms. The first kappa shape index (κ1) is 64.2. The van der Waals surface area contributed by atoms with E-state index in [-0.39, 0.29) is 24.9 Å². The minimum atomic E-state index is -4.70. The van der Waals surface area contributed by atoms with Gasteiger partial charge in [-0.25, -0.2) is 0 Å². The van der Waals surface area contributed by atoms with Crippen LogP contribution < -0.4 is 10.2 Å². The summed E-state index contributed by atoms with van der Waals surface area (Å²) in [6, 6.07) is -0.907. The summed E-state index contributed by atoms with van der Waals surface area (Å²) in [6.45, 7) is 6.62. The molecule has 0 heterocycles. The third-order valence-electron chi connectivity index (χ3n) is 11.3. The molecule has 0 fully saturated rings. The standard InChI is InChI=1S/C57H101N2O7P/c1-7-10-13-16-19-22-25-26-27-28-29-30-31-32-35-38-41-44-47-50-57(61)66-55(48-45-42-39-36-33-23-20-17-14-11-8-2)54(53-65-67(62,63)64-52-51-59(4,5)6)58-56(60)49-46-43-40-37-34-24-21-18-15-12-9-3/h10,13,18-19,21-22,26-27,29-30,32,35,45,48,54-55H,7-9,11-12,14-17,20,23-25,28,31,33-34,36-44,46-47,49-53H2,1-6H3,(H-,58,60,62,63)/b13-10-,21-18-,22-19-,27-26-,30-29-,35-32-,48-45-. The number of rotatable bonds is 47. The molecule has 67 heavy (non-hydrogen) atoms. The monoisotopic (exact) mass is 957 g/mol. The predicted molar refractivity (Wildman–Crippen MR) is 284 cm³/mol. The van der Waals surface area contributed by atoms with Gasteiger partial charge in [0.05, 0.1) is 33.8 Å². The molecular formula is C57H101N2O7P. The van der Waals surface area contributed by atoms with Gasteiger partial charge in [0, 0.05) is 12.8 Å². The largest absolute Gasteiger partial charge is 0.756 e. The lowest BCUT2D eigenvalue weighted by atomic mass is 10.1. The van der Waals surface area contributed by atoms with Gasteiger partial charge >= 0.3 is 5.97 Å². The van der Waals surface area contributed by atoms with E-state index in [1.807, 2.05) is 33.3 Å². The van der Waals surface area contributed by atoms with Crippen molar-refractivity contribution in [1.82, 2.24) is 5.32 Å². The minimum absolute atomic E-state index is 0.0331. The first-order valence-electron chi connectivity index (χ1n) is 26.9. The van der Waals surface area contributed by atoms with E-state index in [1.54, 1.807) is 0 Å². The summed E-state index contributed by atoms with van der Waals surface area (Å²) in [4.78, 5) is 39.7.